The summed E-state index contributed by atoms with van der Waals surface area (Å²) in [6.07, 6.45) is 11.2. The summed E-state index contributed by atoms with van der Waals surface area (Å²) in [6.45, 7) is 7.25. The molecule has 178 valence electrons. The van der Waals surface area contributed by atoms with Crippen molar-refractivity contribution in [2.24, 2.45) is 0 Å². The van der Waals surface area contributed by atoms with Crippen LogP contribution in [0.1, 0.15) is 49.4 Å². The summed E-state index contributed by atoms with van der Waals surface area (Å²) in [6, 6.07) is 3.48. The van der Waals surface area contributed by atoms with Gasteiger partial charge in [0.1, 0.15) is 17.6 Å². The third kappa shape index (κ3) is 5.77. The van der Waals surface area contributed by atoms with Crippen LogP contribution in [0.15, 0.2) is 58.5 Å². The van der Waals surface area contributed by atoms with Crippen LogP contribution in [0.5, 0.6) is 0 Å². The van der Waals surface area contributed by atoms with Gasteiger partial charge in [0, 0.05) is 40.3 Å². The summed E-state index contributed by atoms with van der Waals surface area (Å²) in [4.78, 5) is 36.8. The lowest BCUT2D eigenvalue weighted by molar-refractivity contribution is -0.124. The fraction of sp³-hybridized carbons (Fsp3) is 0.360. The predicted molar refractivity (Wildman–Crippen MR) is 141 cm³/mol. The highest BCUT2D eigenvalue weighted by Gasteiger charge is 2.31. The molecular weight excluding hydrogens is 466 g/mol. The SMILES string of the molecule is C=C(CCCNc1cnc2n(c1=O)C(C(=O)NCc1cc3cnccc3s1)CC2)S/C=C\CC. The van der Waals surface area contributed by atoms with E-state index < -0.39 is 6.04 Å². The van der Waals surface area contributed by atoms with E-state index in [0.29, 0.717) is 37.4 Å². The molecule has 1 amide bonds. The van der Waals surface area contributed by atoms with Gasteiger partial charge >= 0.3 is 0 Å². The number of thioether (sulfide) groups is 1. The van der Waals surface area contributed by atoms with Crippen molar-refractivity contribution in [1.29, 1.82) is 0 Å². The van der Waals surface area contributed by atoms with E-state index in [1.807, 2.05) is 18.3 Å². The molecule has 0 saturated heterocycles. The minimum atomic E-state index is -0.533. The lowest BCUT2D eigenvalue weighted by Crippen LogP contribution is -2.36. The number of nitrogens with one attached hydrogen (secondary N) is 2. The molecule has 0 fully saturated rings. The Morgan fingerprint density at radius 2 is 2.29 bits per heavy atom. The first kappa shape index (κ1) is 24.2. The van der Waals surface area contributed by atoms with E-state index in [2.05, 4.69) is 45.6 Å². The number of anilines is 1. The van der Waals surface area contributed by atoms with Crippen LogP contribution in [-0.4, -0.2) is 27.0 Å². The number of fused-ring (bicyclic) bond motifs is 2. The van der Waals surface area contributed by atoms with E-state index in [1.54, 1.807) is 40.1 Å². The maximum Gasteiger partial charge on any atom is 0.277 e. The Balaban J connectivity index is 1.34. The van der Waals surface area contributed by atoms with Crippen molar-refractivity contribution < 1.29 is 4.79 Å². The minimum absolute atomic E-state index is 0.149. The highest BCUT2D eigenvalue weighted by atomic mass is 32.2. The van der Waals surface area contributed by atoms with Gasteiger partial charge in [-0.05, 0) is 48.1 Å². The quantitative estimate of drug-likeness (QED) is 0.363. The molecule has 3 aromatic heterocycles. The lowest BCUT2D eigenvalue weighted by Gasteiger charge is -2.15. The zero-order valence-electron chi connectivity index (χ0n) is 19.3. The molecule has 4 heterocycles. The van der Waals surface area contributed by atoms with E-state index in [0.717, 1.165) is 39.1 Å². The Kier molecular flexibility index (Phi) is 8.18. The molecule has 0 aliphatic carbocycles. The van der Waals surface area contributed by atoms with Crippen molar-refractivity contribution in [3.8, 4) is 0 Å². The van der Waals surface area contributed by atoms with Gasteiger partial charge in [0.2, 0.25) is 5.91 Å². The molecule has 0 spiro atoms. The Labute approximate surface area is 207 Å². The summed E-state index contributed by atoms with van der Waals surface area (Å²) in [5.74, 6) is 0.514. The summed E-state index contributed by atoms with van der Waals surface area (Å²) in [7, 11) is 0. The first-order valence-electron chi connectivity index (χ1n) is 11.5. The topological polar surface area (TPSA) is 88.9 Å². The second-order valence-corrected chi connectivity index (χ2v) is 10.4. The number of carbonyl (C=O) groups excluding carboxylic acids is 1. The number of hydrogen-bond donors (Lipinski definition) is 2. The number of nitrogens with zero attached hydrogens (tertiary/aromatic N) is 3. The monoisotopic (exact) mass is 495 g/mol. The van der Waals surface area contributed by atoms with E-state index >= 15 is 0 Å². The number of thiophene rings is 1. The number of amides is 1. The molecule has 0 aromatic carbocycles. The van der Waals surface area contributed by atoms with Crippen LogP contribution in [-0.2, 0) is 17.8 Å². The standard InChI is InChI=1S/C25H29N5O2S2/c1-3-4-12-33-17(2)6-5-10-27-20-16-28-23-8-7-21(30(23)25(20)32)24(31)29-15-19-13-18-14-26-11-9-22(18)34-19/h4,9,11-14,16,21,27H,2-3,5-8,10,15H2,1H3,(H,29,31)/b12-4-. The molecule has 1 aliphatic rings. The number of pyridine rings is 1. The number of allylic oxidation sites excluding steroid dienone is 2. The van der Waals surface area contributed by atoms with E-state index in [4.69, 9.17) is 0 Å². The minimum Gasteiger partial charge on any atom is -0.379 e. The normalized spacial score (nSPS) is 15.0. The van der Waals surface area contributed by atoms with Gasteiger partial charge in [-0.15, -0.1) is 23.1 Å². The van der Waals surface area contributed by atoms with Gasteiger partial charge in [-0.1, -0.05) is 19.6 Å². The van der Waals surface area contributed by atoms with Crippen LogP contribution in [0, 0.1) is 0 Å². The highest BCUT2D eigenvalue weighted by Crippen LogP contribution is 2.26. The molecule has 1 atom stereocenters. The van der Waals surface area contributed by atoms with E-state index in [-0.39, 0.29) is 11.5 Å². The van der Waals surface area contributed by atoms with Gasteiger partial charge in [-0.3, -0.25) is 19.1 Å². The molecule has 9 heteroatoms. The molecule has 0 radical (unpaired) electrons. The van der Waals surface area contributed by atoms with Gasteiger partial charge in [-0.25, -0.2) is 4.98 Å². The molecule has 1 unspecified atom stereocenters. The van der Waals surface area contributed by atoms with Crippen LogP contribution >= 0.6 is 23.1 Å². The van der Waals surface area contributed by atoms with Crippen molar-refractivity contribution in [2.45, 2.75) is 51.6 Å². The largest absolute Gasteiger partial charge is 0.379 e. The third-order valence-corrected chi connectivity index (χ3v) is 7.63. The van der Waals surface area contributed by atoms with Crippen LogP contribution in [0.4, 0.5) is 5.69 Å². The molecule has 3 aromatic rings. The molecular formula is C25H29N5O2S2. The average Bonchev–Trinajstić information content (AvgIpc) is 3.46. The fourth-order valence-corrected chi connectivity index (χ4v) is 5.62. The summed E-state index contributed by atoms with van der Waals surface area (Å²) < 4.78 is 2.69. The maximum absolute atomic E-state index is 13.1. The molecule has 34 heavy (non-hydrogen) atoms. The number of carbonyl (C=O) groups is 1. The number of rotatable bonds is 11. The van der Waals surface area contributed by atoms with E-state index in [9.17, 15) is 9.59 Å². The van der Waals surface area contributed by atoms with Gasteiger partial charge < -0.3 is 10.6 Å². The fourth-order valence-electron chi connectivity index (χ4n) is 3.90. The zero-order chi connectivity index (χ0) is 23.9. The van der Waals surface area contributed by atoms with Crippen molar-refractivity contribution in [2.75, 3.05) is 11.9 Å². The average molecular weight is 496 g/mol. The van der Waals surface area contributed by atoms with Crippen LogP contribution in [0.3, 0.4) is 0 Å². The Hall–Kier alpha value is -2.91. The van der Waals surface area contributed by atoms with Crippen molar-refractivity contribution in [3.05, 3.63) is 74.7 Å². The second-order valence-electron chi connectivity index (χ2n) is 8.13. The van der Waals surface area contributed by atoms with Crippen molar-refractivity contribution in [1.82, 2.24) is 19.9 Å². The second kappa shape index (κ2) is 11.5. The van der Waals surface area contributed by atoms with Crippen molar-refractivity contribution in [3.63, 3.8) is 0 Å². The Bertz CT molecular complexity index is 1230. The number of aromatic nitrogens is 3. The molecule has 2 N–H and O–H groups in total. The summed E-state index contributed by atoms with van der Waals surface area (Å²) in [5.41, 5.74) is 0.249. The van der Waals surface area contributed by atoms with Gasteiger partial charge in [0.05, 0.1) is 12.7 Å². The highest BCUT2D eigenvalue weighted by molar-refractivity contribution is 8.05. The number of aryl methyl sites for hydroxylation is 1. The lowest BCUT2D eigenvalue weighted by atomic mass is 10.2. The molecule has 4 rings (SSSR count). The smallest absolute Gasteiger partial charge is 0.277 e. The first-order valence-corrected chi connectivity index (χ1v) is 13.2. The molecule has 7 nitrogen and oxygen atoms in total. The van der Waals surface area contributed by atoms with Crippen molar-refractivity contribution >= 4 is 44.8 Å². The molecule has 1 aliphatic heterocycles. The molecule has 0 bridgehead atoms. The van der Waals surface area contributed by atoms with Gasteiger partial charge in [-0.2, -0.15) is 0 Å². The molecule has 0 saturated carbocycles. The van der Waals surface area contributed by atoms with Crippen LogP contribution in [0.2, 0.25) is 0 Å². The predicted octanol–water partition coefficient (Wildman–Crippen LogP) is 5.02. The Morgan fingerprint density at radius 1 is 1.41 bits per heavy atom. The van der Waals surface area contributed by atoms with Crippen LogP contribution < -0.4 is 16.2 Å². The number of hydrogen-bond acceptors (Lipinski definition) is 7. The third-order valence-electron chi connectivity index (χ3n) is 5.64. The maximum atomic E-state index is 13.1. The summed E-state index contributed by atoms with van der Waals surface area (Å²) >= 11 is 3.28. The zero-order valence-corrected chi connectivity index (χ0v) is 20.9. The van der Waals surface area contributed by atoms with Gasteiger partial charge in [0.15, 0.2) is 0 Å². The van der Waals surface area contributed by atoms with Crippen LogP contribution in [0.25, 0.3) is 10.1 Å². The van der Waals surface area contributed by atoms with Gasteiger partial charge in [0.25, 0.3) is 5.56 Å². The Morgan fingerprint density at radius 3 is 3.12 bits per heavy atom. The van der Waals surface area contributed by atoms with E-state index in [1.165, 1.54) is 0 Å². The summed E-state index contributed by atoms with van der Waals surface area (Å²) in [5, 5.41) is 9.33. The first-order chi connectivity index (χ1) is 16.6.